The van der Waals surface area contributed by atoms with Crippen molar-refractivity contribution in [3.63, 3.8) is 0 Å². The van der Waals surface area contributed by atoms with Crippen LogP contribution in [0.5, 0.6) is 0 Å². The monoisotopic (exact) mass is 387 g/mol. The summed E-state index contributed by atoms with van der Waals surface area (Å²) in [4.78, 5) is 18.9. The second-order valence-corrected chi connectivity index (χ2v) is 7.82. The van der Waals surface area contributed by atoms with Gasteiger partial charge in [0.05, 0.1) is 0 Å². The summed E-state index contributed by atoms with van der Waals surface area (Å²) in [5.74, 6) is 2.75. The average Bonchev–Trinajstić information content (AvgIpc) is 3.43. The van der Waals surface area contributed by atoms with Crippen molar-refractivity contribution in [1.29, 1.82) is 0 Å². The van der Waals surface area contributed by atoms with Crippen molar-refractivity contribution in [2.24, 2.45) is 0 Å². The number of rotatable bonds is 5. The van der Waals surface area contributed by atoms with E-state index in [4.69, 9.17) is 9.97 Å². The number of aromatic nitrogens is 5. The van der Waals surface area contributed by atoms with E-state index in [-0.39, 0.29) is 0 Å². The Labute approximate surface area is 170 Å². The van der Waals surface area contributed by atoms with Crippen LogP contribution in [0.15, 0.2) is 42.7 Å². The molecule has 1 atom stereocenters. The molecule has 0 N–H and O–H groups in total. The maximum Gasteiger partial charge on any atom is 0.180 e. The molecule has 1 unspecified atom stereocenters. The molecule has 0 radical (unpaired) electrons. The molecule has 0 aromatic carbocycles. The van der Waals surface area contributed by atoms with Gasteiger partial charge in [-0.15, -0.1) is 5.10 Å². The molecule has 3 aromatic heterocycles. The lowest BCUT2D eigenvalue weighted by molar-refractivity contribution is 0.642. The van der Waals surface area contributed by atoms with Crippen molar-refractivity contribution in [3.8, 4) is 11.5 Å². The predicted molar refractivity (Wildman–Crippen MR) is 113 cm³/mol. The van der Waals surface area contributed by atoms with Crippen molar-refractivity contribution >= 4 is 11.6 Å². The van der Waals surface area contributed by atoms with Gasteiger partial charge in [-0.25, -0.2) is 9.97 Å². The summed E-state index contributed by atoms with van der Waals surface area (Å²) in [6, 6.07) is 10.3. The van der Waals surface area contributed by atoms with E-state index >= 15 is 0 Å². The summed E-state index contributed by atoms with van der Waals surface area (Å²) < 4.78 is 0. The molecule has 1 saturated heterocycles. The summed E-state index contributed by atoms with van der Waals surface area (Å²) in [5, 5.41) is 8.39. The van der Waals surface area contributed by atoms with Crippen molar-refractivity contribution in [3.05, 3.63) is 54.0 Å². The highest BCUT2D eigenvalue weighted by atomic mass is 15.3. The van der Waals surface area contributed by atoms with E-state index in [0.717, 1.165) is 61.9 Å². The minimum atomic E-state index is 0.405. The zero-order chi connectivity index (χ0) is 19.6. The Hall–Kier alpha value is -3.09. The lowest BCUT2D eigenvalue weighted by atomic mass is 10.1. The van der Waals surface area contributed by atoms with Gasteiger partial charge in [0.15, 0.2) is 11.6 Å². The first-order valence-electron chi connectivity index (χ1n) is 10.4. The Morgan fingerprint density at radius 2 is 2.03 bits per heavy atom. The van der Waals surface area contributed by atoms with Gasteiger partial charge >= 0.3 is 0 Å². The number of hydrogen-bond donors (Lipinski definition) is 0. The second-order valence-electron chi connectivity index (χ2n) is 7.82. The molecule has 4 heterocycles. The Morgan fingerprint density at radius 3 is 2.86 bits per heavy atom. The summed E-state index contributed by atoms with van der Waals surface area (Å²) in [6.45, 7) is 1.93. The molecule has 148 valence electrons. The number of hydrogen-bond acceptors (Lipinski definition) is 7. The average molecular weight is 387 g/mol. The van der Waals surface area contributed by atoms with Crippen LogP contribution in [0.2, 0.25) is 0 Å². The summed E-state index contributed by atoms with van der Waals surface area (Å²) >= 11 is 0. The Kier molecular flexibility index (Phi) is 4.79. The number of nitrogens with zero attached hydrogens (tertiary/aromatic N) is 7. The first kappa shape index (κ1) is 18.0. The molecule has 1 aliphatic heterocycles. The van der Waals surface area contributed by atoms with Crippen LogP contribution < -0.4 is 9.80 Å². The molecule has 7 nitrogen and oxygen atoms in total. The molecule has 0 amide bonds. The van der Waals surface area contributed by atoms with E-state index in [1.807, 2.05) is 30.3 Å². The lowest BCUT2D eigenvalue weighted by Crippen LogP contribution is -2.40. The normalized spacial score (nSPS) is 18.1. The van der Waals surface area contributed by atoms with Crippen LogP contribution in [-0.4, -0.2) is 51.3 Å². The van der Waals surface area contributed by atoms with Gasteiger partial charge in [-0.2, -0.15) is 5.10 Å². The third-order valence-electron chi connectivity index (χ3n) is 5.88. The highest BCUT2D eigenvalue weighted by Gasteiger charge is 2.29. The van der Waals surface area contributed by atoms with Gasteiger partial charge in [-0.05, 0) is 56.4 Å². The maximum atomic E-state index is 4.96. The molecule has 1 aliphatic carbocycles. The molecular weight excluding hydrogens is 362 g/mol. The van der Waals surface area contributed by atoms with Gasteiger partial charge in [0.1, 0.15) is 11.5 Å². The first-order chi connectivity index (χ1) is 14.3. The van der Waals surface area contributed by atoms with Crippen LogP contribution in [-0.2, 0) is 12.8 Å². The van der Waals surface area contributed by atoms with Crippen LogP contribution in [0, 0.1) is 0 Å². The van der Waals surface area contributed by atoms with Crippen molar-refractivity contribution in [1.82, 2.24) is 25.1 Å². The minimum absolute atomic E-state index is 0.405. The van der Waals surface area contributed by atoms with Gasteiger partial charge in [-0.3, -0.25) is 4.98 Å². The molecule has 0 saturated carbocycles. The van der Waals surface area contributed by atoms with E-state index in [0.29, 0.717) is 6.04 Å². The van der Waals surface area contributed by atoms with E-state index < -0.39 is 0 Å². The second kappa shape index (κ2) is 7.73. The highest BCUT2D eigenvalue weighted by Crippen LogP contribution is 2.32. The zero-order valence-corrected chi connectivity index (χ0v) is 16.7. The highest BCUT2D eigenvalue weighted by molar-refractivity contribution is 5.59. The summed E-state index contributed by atoms with van der Waals surface area (Å²) in [7, 11) is 2.15. The lowest BCUT2D eigenvalue weighted by Gasteiger charge is -2.30. The molecule has 0 spiro atoms. The largest absolute Gasteiger partial charge is 0.357 e. The fraction of sp³-hybridized carbons (Fsp3) is 0.409. The van der Waals surface area contributed by atoms with Crippen molar-refractivity contribution in [2.75, 3.05) is 29.9 Å². The fourth-order valence-electron chi connectivity index (χ4n) is 4.51. The molecule has 29 heavy (non-hydrogen) atoms. The van der Waals surface area contributed by atoms with E-state index in [1.165, 1.54) is 17.7 Å². The molecule has 1 fully saturated rings. The number of likely N-dealkylation sites (N-methyl/N-ethyl adjacent to an activating group) is 1. The minimum Gasteiger partial charge on any atom is -0.357 e. The van der Waals surface area contributed by atoms with E-state index in [2.05, 4.69) is 32.0 Å². The van der Waals surface area contributed by atoms with Gasteiger partial charge in [0, 0.05) is 49.8 Å². The number of pyridine rings is 1. The SMILES string of the molecule is CN(CC1CCCN1c1cccnn1)c1nc(-c2ccccn2)nc2c1CCC2. The molecule has 0 bridgehead atoms. The Bertz CT molecular complexity index is 977. The maximum absolute atomic E-state index is 4.96. The third-order valence-corrected chi connectivity index (χ3v) is 5.88. The molecule has 7 heteroatoms. The van der Waals surface area contributed by atoms with Gasteiger partial charge < -0.3 is 9.80 Å². The molecule has 2 aliphatic rings. The van der Waals surface area contributed by atoms with Crippen LogP contribution in [0.3, 0.4) is 0 Å². The predicted octanol–water partition coefficient (Wildman–Crippen LogP) is 2.92. The van der Waals surface area contributed by atoms with Gasteiger partial charge in [0.25, 0.3) is 0 Å². The van der Waals surface area contributed by atoms with Crippen molar-refractivity contribution < 1.29 is 0 Å². The number of anilines is 2. The topological polar surface area (TPSA) is 70.9 Å². The van der Waals surface area contributed by atoms with Gasteiger partial charge in [0.2, 0.25) is 0 Å². The fourth-order valence-corrected chi connectivity index (χ4v) is 4.51. The first-order valence-corrected chi connectivity index (χ1v) is 10.4. The number of fused-ring (bicyclic) bond motifs is 1. The van der Waals surface area contributed by atoms with E-state index in [9.17, 15) is 0 Å². The van der Waals surface area contributed by atoms with Crippen LogP contribution >= 0.6 is 0 Å². The Morgan fingerprint density at radius 1 is 1.07 bits per heavy atom. The summed E-state index contributed by atoms with van der Waals surface area (Å²) in [6.07, 6.45) is 9.07. The van der Waals surface area contributed by atoms with Gasteiger partial charge in [-0.1, -0.05) is 6.07 Å². The van der Waals surface area contributed by atoms with Crippen LogP contribution in [0.4, 0.5) is 11.6 Å². The van der Waals surface area contributed by atoms with Crippen LogP contribution in [0.25, 0.3) is 11.5 Å². The van der Waals surface area contributed by atoms with Crippen molar-refractivity contribution in [2.45, 2.75) is 38.1 Å². The molecule has 3 aromatic rings. The smallest absolute Gasteiger partial charge is 0.180 e. The quantitative estimate of drug-likeness (QED) is 0.666. The molecule has 5 rings (SSSR count). The number of aryl methyl sites for hydroxylation is 1. The van der Waals surface area contributed by atoms with Crippen LogP contribution in [0.1, 0.15) is 30.5 Å². The zero-order valence-electron chi connectivity index (χ0n) is 16.7. The third kappa shape index (κ3) is 3.52. The molecular formula is C22H25N7. The van der Waals surface area contributed by atoms with E-state index in [1.54, 1.807) is 12.4 Å². The Balaban J connectivity index is 1.44. The standard InChI is InChI=1S/C22H25N7/c1-28(15-16-7-6-14-29(16)20-11-5-13-24-27-20)22-17-8-4-10-18(17)25-21(26-22)19-9-2-3-12-23-19/h2-3,5,9,11-13,16H,4,6-8,10,14-15H2,1H3. The summed E-state index contributed by atoms with van der Waals surface area (Å²) in [5.41, 5.74) is 3.31.